The molecule has 0 aliphatic carbocycles. The fraction of sp³-hybridized carbons (Fsp3) is 0.455. The molecule has 0 aromatic heterocycles. The first-order chi connectivity index (χ1) is 7.77. The van der Waals surface area contributed by atoms with Crippen molar-refractivity contribution < 1.29 is 14.3 Å². The van der Waals surface area contributed by atoms with Gasteiger partial charge in [0.1, 0.15) is 13.2 Å². The van der Waals surface area contributed by atoms with Crippen LogP contribution in [0.4, 0.5) is 0 Å². The van der Waals surface area contributed by atoms with Crippen LogP contribution in [0.15, 0.2) is 6.07 Å². The lowest BCUT2D eigenvalue weighted by molar-refractivity contribution is 0.122. The monoisotopic (exact) mass is 243 g/mol. The van der Waals surface area contributed by atoms with Crippen LogP contribution in [-0.4, -0.2) is 13.2 Å². The van der Waals surface area contributed by atoms with Gasteiger partial charge in [-0.05, 0) is 6.42 Å². The number of fused-ring (bicyclic) bond motifs is 1. The van der Waals surface area contributed by atoms with Crippen LogP contribution in [0.2, 0.25) is 5.02 Å². The summed E-state index contributed by atoms with van der Waals surface area (Å²) in [4.78, 5) is 4.66. The molecule has 0 radical (unpaired) electrons. The van der Waals surface area contributed by atoms with Crippen LogP contribution >= 0.6 is 11.6 Å². The first-order valence-electron chi connectivity index (χ1n) is 5.19. The minimum absolute atomic E-state index is 0.276. The summed E-state index contributed by atoms with van der Waals surface area (Å²) in [5.41, 5.74) is 1.88. The minimum Gasteiger partial charge on any atom is -0.486 e. The summed E-state index contributed by atoms with van der Waals surface area (Å²) in [6, 6.07) is 1.75. The zero-order chi connectivity index (χ0) is 11.5. The van der Waals surface area contributed by atoms with Crippen molar-refractivity contribution in [3.8, 4) is 11.5 Å². The molecular formula is C11H14ClNO3. The van der Waals surface area contributed by atoms with Crippen LogP contribution in [0.25, 0.3) is 0 Å². The number of nitrogens with two attached hydrogens (primary N) is 1. The van der Waals surface area contributed by atoms with E-state index in [9.17, 15) is 0 Å². The van der Waals surface area contributed by atoms with E-state index in [1.165, 1.54) is 0 Å². The second-order valence-electron chi connectivity index (χ2n) is 3.50. The standard InChI is InChI=1S/C11H14ClNO3/c1-2-7-8(6-16-13)9(12)5-10-11(7)15-4-3-14-10/h5H,2-4,6,13H2,1H3. The maximum absolute atomic E-state index is 6.15. The SMILES string of the molecule is CCc1c(CON)c(Cl)cc2c1OCCO2. The Balaban J connectivity index is 2.52. The number of benzene rings is 1. The highest BCUT2D eigenvalue weighted by atomic mass is 35.5. The summed E-state index contributed by atoms with van der Waals surface area (Å²) in [5.74, 6) is 6.57. The Morgan fingerprint density at radius 1 is 1.38 bits per heavy atom. The molecule has 0 saturated carbocycles. The van der Waals surface area contributed by atoms with Crippen LogP contribution < -0.4 is 15.4 Å². The van der Waals surface area contributed by atoms with E-state index in [4.69, 9.17) is 27.0 Å². The predicted molar refractivity (Wildman–Crippen MR) is 60.8 cm³/mol. The van der Waals surface area contributed by atoms with Crippen molar-refractivity contribution in [2.45, 2.75) is 20.0 Å². The number of rotatable bonds is 3. The molecule has 0 amide bonds. The Kier molecular flexibility index (Phi) is 3.53. The van der Waals surface area contributed by atoms with Crippen molar-refractivity contribution in [3.05, 3.63) is 22.2 Å². The second kappa shape index (κ2) is 4.91. The molecule has 2 N–H and O–H groups in total. The van der Waals surface area contributed by atoms with E-state index in [-0.39, 0.29) is 6.61 Å². The number of ether oxygens (including phenoxy) is 2. The van der Waals surface area contributed by atoms with Crippen molar-refractivity contribution in [1.29, 1.82) is 0 Å². The molecule has 0 saturated heterocycles. The van der Waals surface area contributed by atoms with Gasteiger partial charge < -0.3 is 9.47 Å². The third kappa shape index (κ3) is 1.96. The second-order valence-corrected chi connectivity index (χ2v) is 3.91. The van der Waals surface area contributed by atoms with Gasteiger partial charge >= 0.3 is 0 Å². The smallest absolute Gasteiger partial charge is 0.164 e. The van der Waals surface area contributed by atoms with E-state index in [2.05, 4.69) is 4.84 Å². The molecule has 1 heterocycles. The number of hydrogen-bond acceptors (Lipinski definition) is 4. The summed E-state index contributed by atoms with van der Waals surface area (Å²) in [6.07, 6.45) is 0.797. The van der Waals surface area contributed by atoms with Gasteiger partial charge in [-0.15, -0.1) is 0 Å². The molecule has 4 nitrogen and oxygen atoms in total. The van der Waals surface area contributed by atoms with Gasteiger partial charge in [-0.3, -0.25) is 4.84 Å². The molecule has 0 bridgehead atoms. The molecule has 16 heavy (non-hydrogen) atoms. The van der Waals surface area contributed by atoms with E-state index < -0.39 is 0 Å². The Bertz CT molecular complexity index is 395. The molecule has 0 spiro atoms. The number of halogens is 1. The van der Waals surface area contributed by atoms with E-state index in [1.54, 1.807) is 6.07 Å². The molecule has 1 aromatic rings. The minimum atomic E-state index is 0.276. The molecule has 1 aromatic carbocycles. The Labute approximate surface area is 99.2 Å². The first-order valence-corrected chi connectivity index (χ1v) is 5.57. The molecule has 5 heteroatoms. The molecule has 0 fully saturated rings. The van der Waals surface area contributed by atoms with Gasteiger partial charge in [0.15, 0.2) is 11.5 Å². The average molecular weight is 244 g/mol. The summed E-state index contributed by atoms with van der Waals surface area (Å²) in [6.45, 7) is 3.42. The maximum atomic E-state index is 6.15. The normalized spacial score (nSPS) is 13.9. The lowest BCUT2D eigenvalue weighted by atomic mass is 10.0. The van der Waals surface area contributed by atoms with Gasteiger partial charge in [0.2, 0.25) is 0 Å². The Hall–Kier alpha value is -0.970. The van der Waals surface area contributed by atoms with E-state index in [1.807, 2.05) is 6.92 Å². The molecule has 88 valence electrons. The number of hydrogen-bond donors (Lipinski definition) is 1. The van der Waals surface area contributed by atoms with Crippen molar-refractivity contribution in [2.75, 3.05) is 13.2 Å². The van der Waals surface area contributed by atoms with Crippen LogP contribution in [0.3, 0.4) is 0 Å². The summed E-state index contributed by atoms with van der Waals surface area (Å²) >= 11 is 6.15. The fourth-order valence-corrected chi connectivity index (χ4v) is 2.14. The van der Waals surface area contributed by atoms with Crippen LogP contribution in [0, 0.1) is 0 Å². The average Bonchev–Trinajstić information content (AvgIpc) is 2.30. The van der Waals surface area contributed by atoms with Crippen molar-refractivity contribution in [2.24, 2.45) is 5.90 Å². The molecule has 0 unspecified atom stereocenters. The predicted octanol–water partition coefficient (Wildman–Crippen LogP) is 2.06. The topological polar surface area (TPSA) is 53.7 Å². The van der Waals surface area contributed by atoms with Crippen LogP contribution in [0.5, 0.6) is 11.5 Å². The summed E-state index contributed by atoms with van der Waals surface area (Å²) in [5, 5.41) is 0.603. The van der Waals surface area contributed by atoms with Gasteiger partial charge in [-0.25, -0.2) is 5.90 Å². The van der Waals surface area contributed by atoms with Gasteiger partial charge in [-0.1, -0.05) is 18.5 Å². The highest BCUT2D eigenvalue weighted by molar-refractivity contribution is 6.31. The largest absolute Gasteiger partial charge is 0.486 e. The highest BCUT2D eigenvalue weighted by Gasteiger charge is 2.21. The Morgan fingerprint density at radius 2 is 2.12 bits per heavy atom. The lowest BCUT2D eigenvalue weighted by Gasteiger charge is -2.23. The van der Waals surface area contributed by atoms with Crippen molar-refractivity contribution in [1.82, 2.24) is 0 Å². The highest BCUT2D eigenvalue weighted by Crippen LogP contribution is 2.40. The lowest BCUT2D eigenvalue weighted by Crippen LogP contribution is -2.18. The molecule has 1 aliphatic rings. The van der Waals surface area contributed by atoms with Gasteiger partial charge in [-0.2, -0.15) is 0 Å². The Morgan fingerprint density at radius 3 is 2.81 bits per heavy atom. The zero-order valence-electron chi connectivity index (χ0n) is 9.09. The van der Waals surface area contributed by atoms with Gasteiger partial charge in [0.25, 0.3) is 0 Å². The molecule has 2 rings (SSSR count). The third-order valence-corrected chi connectivity index (χ3v) is 2.91. The summed E-state index contributed by atoms with van der Waals surface area (Å²) in [7, 11) is 0. The van der Waals surface area contributed by atoms with Crippen molar-refractivity contribution >= 4 is 11.6 Å². The van der Waals surface area contributed by atoms with Gasteiger partial charge in [0.05, 0.1) is 11.6 Å². The van der Waals surface area contributed by atoms with Crippen LogP contribution in [-0.2, 0) is 17.9 Å². The molecule has 1 aliphatic heterocycles. The van der Waals surface area contributed by atoms with Crippen molar-refractivity contribution in [3.63, 3.8) is 0 Å². The third-order valence-electron chi connectivity index (χ3n) is 2.58. The van der Waals surface area contributed by atoms with E-state index in [0.717, 1.165) is 23.3 Å². The van der Waals surface area contributed by atoms with Gasteiger partial charge in [0, 0.05) is 17.2 Å². The quantitative estimate of drug-likeness (QED) is 0.826. The van der Waals surface area contributed by atoms with E-state index in [0.29, 0.717) is 24.0 Å². The van der Waals surface area contributed by atoms with E-state index >= 15 is 0 Å². The fourth-order valence-electron chi connectivity index (χ4n) is 1.87. The van der Waals surface area contributed by atoms with Crippen LogP contribution in [0.1, 0.15) is 18.1 Å². The zero-order valence-corrected chi connectivity index (χ0v) is 9.84. The molecule has 0 atom stereocenters. The molecular weight excluding hydrogens is 230 g/mol. The summed E-state index contributed by atoms with van der Waals surface area (Å²) < 4.78 is 11.1. The first kappa shape index (κ1) is 11.5. The maximum Gasteiger partial charge on any atom is 0.164 e.